The molecule has 0 bridgehead atoms. The van der Waals surface area contributed by atoms with Gasteiger partial charge < -0.3 is 5.32 Å². The van der Waals surface area contributed by atoms with Gasteiger partial charge in [-0.25, -0.2) is 4.68 Å². The first kappa shape index (κ1) is 25.1. The van der Waals surface area contributed by atoms with E-state index in [1.807, 2.05) is 86.6 Å². The van der Waals surface area contributed by atoms with Crippen LogP contribution in [0.1, 0.15) is 43.0 Å². The highest BCUT2D eigenvalue weighted by Crippen LogP contribution is 2.30. The van der Waals surface area contributed by atoms with Gasteiger partial charge in [-0.3, -0.25) is 14.5 Å². The molecule has 4 aromatic rings. The van der Waals surface area contributed by atoms with Crippen molar-refractivity contribution >= 4 is 28.5 Å². The topological polar surface area (TPSA) is 80.1 Å². The predicted octanol–water partition coefficient (Wildman–Crippen LogP) is 4.98. The summed E-state index contributed by atoms with van der Waals surface area (Å²) in [6.45, 7) is 8.71. The lowest BCUT2D eigenvalue weighted by atomic mass is 10.0. The van der Waals surface area contributed by atoms with E-state index in [2.05, 4.69) is 29.5 Å². The van der Waals surface area contributed by atoms with Crippen LogP contribution in [-0.4, -0.2) is 33.4 Å². The van der Waals surface area contributed by atoms with Gasteiger partial charge in [0.2, 0.25) is 11.8 Å². The molecule has 0 spiro atoms. The Hall–Kier alpha value is -4.00. The molecule has 7 nitrogen and oxygen atoms in total. The number of fused-ring (bicyclic) bond motifs is 1. The summed E-state index contributed by atoms with van der Waals surface area (Å²) in [6, 6.07) is 22.1. The summed E-state index contributed by atoms with van der Waals surface area (Å²) in [5, 5.41) is 11.5. The minimum absolute atomic E-state index is 0.0455. The SMILES string of the molecule is Cc1ccc(C(C(=O)NCCC(C)C)N(C(=O)Cn2nnc3ccccc32)c2cccc(C)c2)cc1. The third-order valence-corrected chi connectivity index (χ3v) is 6.17. The number of aryl methyl sites for hydroxylation is 2. The van der Waals surface area contributed by atoms with E-state index >= 15 is 0 Å². The van der Waals surface area contributed by atoms with Crippen LogP contribution < -0.4 is 10.2 Å². The van der Waals surface area contributed by atoms with Gasteiger partial charge in [-0.05, 0) is 61.6 Å². The van der Waals surface area contributed by atoms with E-state index < -0.39 is 6.04 Å². The van der Waals surface area contributed by atoms with Gasteiger partial charge in [-0.1, -0.05) is 73.2 Å². The van der Waals surface area contributed by atoms with Gasteiger partial charge in [0.05, 0.1) is 5.52 Å². The van der Waals surface area contributed by atoms with Crippen LogP contribution in [0, 0.1) is 19.8 Å². The van der Waals surface area contributed by atoms with E-state index in [9.17, 15) is 9.59 Å². The minimum Gasteiger partial charge on any atom is -0.354 e. The van der Waals surface area contributed by atoms with Crippen LogP contribution in [0.3, 0.4) is 0 Å². The van der Waals surface area contributed by atoms with E-state index in [1.165, 1.54) is 0 Å². The zero-order valence-corrected chi connectivity index (χ0v) is 21.3. The van der Waals surface area contributed by atoms with Gasteiger partial charge in [0.15, 0.2) is 0 Å². The molecule has 4 rings (SSSR count). The fourth-order valence-electron chi connectivity index (χ4n) is 4.20. The van der Waals surface area contributed by atoms with Crippen molar-refractivity contribution in [2.45, 2.75) is 46.7 Å². The second-order valence-corrected chi connectivity index (χ2v) is 9.63. The first-order valence-electron chi connectivity index (χ1n) is 12.3. The highest BCUT2D eigenvalue weighted by Gasteiger charge is 2.33. The molecule has 1 atom stereocenters. The number of hydrogen-bond donors (Lipinski definition) is 1. The van der Waals surface area contributed by atoms with Gasteiger partial charge >= 0.3 is 0 Å². The van der Waals surface area contributed by atoms with Crippen LogP contribution in [0.15, 0.2) is 72.8 Å². The first-order valence-corrected chi connectivity index (χ1v) is 12.3. The fourth-order valence-corrected chi connectivity index (χ4v) is 4.20. The quantitative estimate of drug-likeness (QED) is 0.364. The summed E-state index contributed by atoms with van der Waals surface area (Å²) >= 11 is 0. The highest BCUT2D eigenvalue weighted by atomic mass is 16.2. The Morgan fingerprint density at radius 2 is 1.69 bits per heavy atom. The standard InChI is InChI=1S/C29H33N5O2/c1-20(2)16-17-30-29(36)28(23-14-12-21(3)13-15-23)34(24-9-7-8-22(4)18-24)27(35)19-33-26-11-6-5-10-25(26)31-32-33/h5-15,18,20,28H,16-17,19H2,1-4H3,(H,30,36). The number of amides is 2. The lowest BCUT2D eigenvalue weighted by Gasteiger charge is -2.32. The maximum absolute atomic E-state index is 14.0. The van der Waals surface area contributed by atoms with Gasteiger partial charge in [0.1, 0.15) is 18.1 Å². The maximum Gasteiger partial charge on any atom is 0.249 e. The zero-order valence-electron chi connectivity index (χ0n) is 21.3. The molecule has 1 heterocycles. The molecular formula is C29H33N5O2. The van der Waals surface area contributed by atoms with E-state index in [1.54, 1.807) is 9.58 Å². The van der Waals surface area contributed by atoms with Crippen molar-refractivity contribution in [3.8, 4) is 0 Å². The molecule has 0 aliphatic heterocycles. The Morgan fingerprint density at radius 1 is 0.944 bits per heavy atom. The lowest BCUT2D eigenvalue weighted by Crippen LogP contribution is -2.45. The van der Waals surface area contributed by atoms with Crippen LogP contribution in [0.2, 0.25) is 0 Å². The lowest BCUT2D eigenvalue weighted by molar-refractivity contribution is -0.127. The third-order valence-electron chi connectivity index (χ3n) is 6.17. The van der Waals surface area contributed by atoms with Crippen molar-refractivity contribution in [2.75, 3.05) is 11.4 Å². The molecule has 0 radical (unpaired) electrons. The highest BCUT2D eigenvalue weighted by molar-refractivity contribution is 6.01. The number of anilines is 1. The Kier molecular flexibility index (Phi) is 7.78. The molecule has 0 aliphatic carbocycles. The minimum atomic E-state index is -0.832. The Bertz CT molecular complexity index is 1340. The molecule has 1 N–H and O–H groups in total. The molecule has 3 aromatic carbocycles. The van der Waals surface area contributed by atoms with Gasteiger partial charge in [-0.2, -0.15) is 0 Å². The summed E-state index contributed by atoms with van der Waals surface area (Å²) < 4.78 is 1.59. The van der Waals surface area contributed by atoms with Crippen molar-refractivity contribution in [3.63, 3.8) is 0 Å². The molecule has 0 aliphatic rings. The van der Waals surface area contributed by atoms with Gasteiger partial charge in [0.25, 0.3) is 0 Å². The molecule has 1 aromatic heterocycles. The number of hydrogen-bond acceptors (Lipinski definition) is 4. The molecule has 7 heteroatoms. The molecule has 0 saturated heterocycles. The Labute approximate surface area is 212 Å². The maximum atomic E-state index is 14.0. The second-order valence-electron chi connectivity index (χ2n) is 9.63. The Morgan fingerprint density at radius 3 is 2.42 bits per heavy atom. The molecule has 0 fully saturated rings. The summed E-state index contributed by atoms with van der Waals surface area (Å²) in [6.07, 6.45) is 0.857. The summed E-state index contributed by atoms with van der Waals surface area (Å²) in [5.41, 5.74) is 4.98. The fraction of sp³-hybridized carbons (Fsp3) is 0.310. The molecule has 36 heavy (non-hydrogen) atoms. The normalized spacial score (nSPS) is 12.0. The van der Waals surface area contributed by atoms with Crippen molar-refractivity contribution < 1.29 is 9.59 Å². The predicted molar refractivity (Wildman–Crippen MR) is 143 cm³/mol. The summed E-state index contributed by atoms with van der Waals surface area (Å²) in [4.78, 5) is 29.3. The first-order chi connectivity index (χ1) is 17.3. The zero-order chi connectivity index (χ0) is 25.7. The number of rotatable bonds is 9. The number of nitrogens with zero attached hydrogens (tertiary/aromatic N) is 4. The van der Waals surface area contributed by atoms with Gasteiger partial charge in [0, 0.05) is 12.2 Å². The monoisotopic (exact) mass is 483 g/mol. The van der Waals surface area contributed by atoms with Crippen LogP contribution in [0.4, 0.5) is 5.69 Å². The number of carbonyl (C=O) groups is 2. The second kappa shape index (κ2) is 11.2. The molecule has 2 amide bonds. The number of aromatic nitrogens is 3. The van der Waals surface area contributed by atoms with E-state index in [0.717, 1.165) is 28.6 Å². The van der Waals surface area contributed by atoms with Crippen molar-refractivity contribution in [1.82, 2.24) is 20.3 Å². The van der Waals surface area contributed by atoms with E-state index in [4.69, 9.17) is 0 Å². The van der Waals surface area contributed by atoms with Crippen LogP contribution in [0.5, 0.6) is 0 Å². The average Bonchev–Trinajstić information content (AvgIpc) is 3.25. The van der Waals surface area contributed by atoms with E-state index in [-0.39, 0.29) is 18.4 Å². The third kappa shape index (κ3) is 5.79. The molecule has 1 unspecified atom stereocenters. The summed E-state index contributed by atoms with van der Waals surface area (Å²) in [7, 11) is 0. The average molecular weight is 484 g/mol. The van der Waals surface area contributed by atoms with Crippen LogP contribution >= 0.6 is 0 Å². The Balaban J connectivity index is 1.76. The smallest absolute Gasteiger partial charge is 0.249 e. The number of nitrogens with one attached hydrogen (secondary N) is 1. The number of para-hydroxylation sites is 1. The number of carbonyl (C=O) groups excluding carboxylic acids is 2. The van der Waals surface area contributed by atoms with Gasteiger partial charge in [-0.15, -0.1) is 5.10 Å². The van der Waals surface area contributed by atoms with Crippen molar-refractivity contribution in [2.24, 2.45) is 5.92 Å². The van der Waals surface area contributed by atoms with Crippen molar-refractivity contribution in [1.29, 1.82) is 0 Å². The molecule has 186 valence electrons. The molecular weight excluding hydrogens is 450 g/mol. The molecule has 0 saturated carbocycles. The largest absolute Gasteiger partial charge is 0.354 e. The van der Waals surface area contributed by atoms with E-state index in [0.29, 0.717) is 23.7 Å². The van der Waals surface area contributed by atoms with Crippen LogP contribution in [-0.2, 0) is 16.1 Å². The van der Waals surface area contributed by atoms with Crippen LogP contribution in [0.25, 0.3) is 11.0 Å². The van der Waals surface area contributed by atoms with Crippen molar-refractivity contribution in [3.05, 3.63) is 89.5 Å². The summed E-state index contributed by atoms with van der Waals surface area (Å²) in [5.74, 6) is -0.00289. The number of benzene rings is 3.